The third-order valence-corrected chi connectivity index (χ3v) is 1.85. The summed E-state index contributed by atoms with van der Waals surface area (Å²) in [6.45, 7) is 2.22. The Morgan fingerprint density at radius 1 is 1.56 bits per heavy atom. The quantitative estimate of drug-likeness (QED) is 0.463. The van der Waals surface area contributed by atoms with Gasteiger partial charge in [-0.25, -0.2) is 0 Å². The summed E-state index contributed by atoms with van der Waals surface area (Å²) in [6, 6.07) is 0. The van der Waals surface area contributed by atoms with Crippen LogP contribution in [0.2, 0.25) is 0 Å². The van der Waals surface area contributed by atoms with E-state index in [2.05, 4.69) is 10.0 Å². The molecule has 3 nitrogen and oxygen atoms in total. The first kappa shape index (κ1) is 5.09. The van der Waals surface area contributed by atoms with E-state index < -0.39 is 0 Å². The summed E-state index contributed by atoms with van der Waals surface area (Å²) in [4.78, 5) is 2.33. The van der Waals surface area contributed by atoms with Gasteiger partial charge in [0, 0.05) is 20.0 Å². The molecule has 0 aromatic rings. The van der Waals surface area contributed by atoms with Crippen LogP contribution < -0.4 is 0 Å². The minimum absolute atomic E-state index is 1.01. The minimum atomic E-state index is 1.01. The van der Waals surface area contributed by atoms with Gasteiger partial charge in [-0.3, -0.25) is 5.01 Å². The molecule has 1 fully saturated rings. The van der Waals surface area contributed by atoms with E-state index in [1.54, 1.807) is 0 Å². The maximum absolute atomic E-state index is 4.33. The van der Waals surface area contributed by atoms with E-state index in [-0.39, 0.29) is 0 Å². The minimum Gasteiger partial charge on any atom is -0.339 e. The van der Waals surface area contributed by atoms with Gasteiger partial charge in [0.1, 0.15) is 12.5 Å². The first-order valence-electron chi connectivity index (χ1n) is 3.40. The number of hydrogen-bond donors (Lipinski definition) is 0. The van der Waals surface area contributed by atoms with Gasteiger partial charge in [-0.1, -0.05) is 0 Å². The average molecular weight is 125 g/mol. The molecule has 0 saturated carbocycles. The maximum atomic E-state index is 4.33. The largest absolute Gasteiger partial charge is 0.339 e. The van der Waals surface area contributed by atoms with Crippen molar-refractivity contribution < 1.29 is 0 Å². The van der Waals surface area contributed by atoms with Crippen molar-refractivity contribution in [2.45, 2.75) is 12.8 Å². The highest BCUT2D eigenvalue weighted by atomic mass is 15.6. The lowest BCUT2D eigenvalue weighted by molar-refractivity contribution is 0.283. The second-order valence-corrected chi connectivity index (χ2v) is 2.68. The highest BCUT2D eigenvalue weighted by Crippen LogP contribution is 2.16. The predicted molar refractivity (Wildman–Crippen MR) is 36.0 cm³/mol. The molecule has 0 amide bonds. The number of amidine groups is 1. The summed E-state index contributed by atoms with van der Waals surface area (Å²) in [5, 5.41) is 6.32. The van der Waals surface area contributed by atoms with Crippen LogP contribution in [0.5, 0.6) is 0 Å². The number of hydrogen-bond acceptors (Lipinski definition) is 3. The summed E-state index contributed by atoms with van der Waals surface area (Å²) in [6.07, 6.45) is 2.48. The standard InChI is InChI=1S/C6H11N3/c1-8-5-9-4-2-3-6(9)7-8/h2-5H2,1H3. The second kappa shape index (κ2) is 1.62. The molecule has 0 spiro atoms. The van der Waals surface area contributed by atoms with Gasteiger partial charge in [-0.05, 0) is 6.42 Å². The normalized spacial score (nSPS) is 24.8. The van der Waals surface area contributed by atoms with Crippen LogP contribution in [0.25, 0.3) is 0 Å². The Labute approximate surface area is 54.9 Å². The van der Waals surface area contributed by atoms with Crippen molar-refractivity contribution in [3.8, 4) is 0 Å². The van der Waals surface area contributed by atoms with Crippen LogP contribution in [-0.2, 0) is 0 Å². The van der Waals surface area contributed by atoms with Crippen molar-refractivity contribution in [2.24, 2.45) is 5.10 Å². The van der Waals surface area contributed by atoms with Crippen molar-refractivity contribution in [3.63, 3.8) is 0 Å². The zero-order valence-corrected chi connectivity index (χ0v) is 5.67. The van der Waals surface area contributed by atoms with Gasteiger partial charge in [0.15, 0.2) is 0 Å². The fourth-order valence-electron chi connectivity index (χ4n) is 1.46. The number of fused-ring (bicyclic) bond motifs is 1. The fourth-order valence-corrected chi connectivity index (χ4v) is 1.46. The smallest absolute Gasteiger partial charge is 0.126 e. The van der Waals surface area contributed by atoms with Gasteiger partial charge in [-0.2, -0.15) is 5.10 Å². The summed E-state index contributed by atoms with van der Waals surface area (Å²) >= 11 is 0. The van der Waals surface area contributed by atoms with E-state index >= 15 is 0 Å². The van der Waals surface area contributed by atoms with Crippen LogP contribution in [0.15, 0.2) is 5.10 Å². The lowest BCUT2D eigenvalue weighted by atomic mass is 10.4. The summed E-state index contributed by atoms with van der Waals surface area (Å²) < 4.78 is 0. The van der Waals surface area contributed by atoms with Crippen molar-refractivity contribution >= 4 is 5.84 Å². The van der Waals surface area contributed by atoms with E-state index in [9.17, 15) is 0 Å². The molecule has 3 heteroatoms. The van der Waals surface area contributed by atoms with Gasteiger partial charge < -0.3 is 4.90 Å². The van der Waals surface area contributed by atoms with Crippen LogP contribution in [-0.4, -0.2) is 36.0 Å². The molecule has 2 heterocycles. The van der Waals surface area contributed by atoms with Crippen LogP contribution in [0.3, 0.4) is 0 Å². The Balaban J connectivity index is 2.18. The molecule has 50 valence electrons. The van der Waals surface area contributed by atoms with Crippen LogP contribution in [0.1, 0.15) is 12.8 Å². The molecule has 0 radical (unpaired) electrons. The van der Waals surface area contributed by atoms with Crippen molar-refractivity contribution in [1.82, 2.24) is 9.91 Å². The fraction of sp³-hybridized carbons (Fsp3) is 0.833. The Hall–Kier alpha value is -0.730. The zero-order chi connectivity index (χ0) is 6.27. The van der Waals surface area contributed by atoms with E-state index in [4.69, 9.17) is 0 Å². The Morgan fingerprint density at radius 3 is 3.22 bits per heavy atom. The molecule has 0 N–H and O–H groups in total. The molecule has 2 aliphatic rings. The monoisotopic (exact) mass is 125 g/mol. The van der Waals surface area contributed by atoms with Gasteiger partial charge in [0.25, 0.3) is 0 Å². The average Bonchev–Trinajstić information content (AvgIpc) is 2.22. The molecule has 1 saturated heterocycles. The summed E-state index contributed by atoms with van der Waals surface area (Å²) in [7, 11) is 2.02. The lowest BCUT2D eigenvalue weighted by Crippen LogP contribution is -2.24. The van der Waals surface area contributed by atoms with E-state index in [1.165, 1.54) is 25.2 Å². The first-order valence-corrected chi connectivity index (χ1v) is 3.40. The van der Waals surface area contributed by atoms with Crippen molar-refractivity contribution in [1.29, 1.82) is 0 Å². The van der Waals surface area contributed by atoms with E-state index in [1.807, 2.05) is 12.1 Å². The molecule has 9 heavy (non-hydrogen) atoms. The molecule has 0 bridgehead atoms. The molecule has 0 aliphatic carbocycles. The Morgan fingerprint density at radius 2 is 2.44 bits per heavy atom. The van der Waals surface area contributed by atoms with Crippen LogP contribution >= 0.6 is 0 Å². The number of nitrogens with zero attached hydrogens (tertiary/aromatic N) is 3. The summed E-state index contributed by atoms with van der Waals surface area (Å²) in [5.74, 6) is 1.29. The molecule has 0 atom stereocenters. The molecular formula is C6H11N3. The Kier molecular flexibility index (Phi) is 0.917. The van der Waals surface area contributed by atoms with Gasteiger partial charge in [0.2, 0.25) is 0 Å². The molecule has 0 aromatic heterocycles. The van der Waals surface area contributed by atoms with Crippen LogP contribution in [0, 0.1) is 0 Å². The highest BCUT2D eigenvalue weighted by Gasteiger charge is 2.24. The molecule has 0 unspecified atom stereocenters. The topological polar surface area (TPSA) is 18.8 Å². The van der Waals surface area contributed by atoms with Gasteiger partial charge in [-0.15, -0.1) is 0 Å². The van der Waals surface area contributed by atoms with Gasteiger partial charge in [0.05, 0.1) is 0 Å². The van der Waals surface area contributed by atoms with E-state index in [0.29, 0.717) is 0 Å². The summed E-state index contributed by atoms with van der Waals surface area (Å²) in [5.41, 5.74) is 0. The molecule has 2 rings (SSSR count). The third-order valence-electron chi connectivity index (χ3n) is 1.85. The highest BCUT2D eigenvalue weighted by molar-refractivity contribution is 5.84. The van der Waals surface area contributed by atoms with Crippen molar-refractivity contribution in [3.05, 3.63) is 0 Å². The number of hydrazone groups is 1. The molecular weight excluding hydrogens is 114 g/mol. The predicted octanol–water partition coefficient (Wildman–Crippen LogP) is 0.299. The zero-order valence-electron chi connectivity index (χ0n) is 5.67. The molecule has 2 aliphatic heterocycles. The lowest BCUT2D eigenvalue weighted by Gasteiger charge is -2.11. The third kappa shape index (κ3) is 0.677. The SMILES string of the molecule is CN1CN2CCCC2=N1. The van der Waals surface area contributed by atoms with Crippen LogP contribution in [0.4, 0.5) is 0 Å². The molecule has 0 aromatic carbocycles. The maximum Gasteiger partial charge on any atom is 0.126 e. The first-order chi connectivity index (χ1) is 4.36. The number of rotatable bonds is 0. The Bertz CT molecular complexity index is 152. The van der Waals surface area contributed by atoms with Gasteiger partial charge >= 0.3 is 0 Å². The van der Waals surface area contributed by atoms with Crippen molar-refractivity contribution in [2.75, 3.05) is 20.3 Å². The van der Waals surface area contributed by atoms with E-state index in [0.717, 1.165) is 6.67 Å². The second-order valence-electron chi connectivity index (χ2n) is 2.68.